The van der Waals surface area contributed by atoms with Gasteiger partial charge in [-0.05, 0) is 37.1 Å². The predicted octanol–water partition coefficient (Wildman–Crippen LogP) is 1.96. The van der Waals surface area contributed by atoms with Crippen LogP contribution in [0.3, 0.4) is 0 Å². The van der Waals surface area contributed by atoms with Crippen LogP contribution < -0.4 is 11.1 Å². The Balaban J connectivity index is 2.02. The van der Waals surface area contributed by atoms with E-state index in [-0.39, 0.29) is 0 Å². The Kier molecular flexibility index (Phi) is 3.85. The number of aliphatic imine (C=N–C) groups is 1. The van der Waals surface area contributed by atoms with Gasteiger partial charge in [-0.15, -0.1) is 0 Å². The summed E-state index contributed by atoms with van der Waals surface area (Å²) in [6.07, 6.45) is 3.53. The first-order chi connectivity index (χ1) is 9.06. The lowest BCUT2D eigenvalue weighted by atomic mass is 10.1. The number of nitrogens with one attached hydrogen (secondary N) is 1. The normalized spacial score (nSPS) is 11.6. The van der Waals surface area contributed by atoms with Crippen molar-refractivity contribution in [2.24, 2.45) is 17.8 Å². The molecule has 0 fully saturated rings. The van der Waals surface area contributed by atoms with Gasteiger partial charge in [0.05, 0.1) is 24.8 Å². The molecule has 0 saturated heterocycles. The van der Waals surface area contributed by atoms with Gasteiger partial charge in [0.25, 0.3) is 0 Å². The number of rotatable bonds is 3. The lowest BCUT2D eigenvalue weighted by Gasteiger charge is -2.08. The van der Waals surface area contributed by atoms with E-state index in [4.69, 9.17) is 5.73 Å². The third-order valence-electron chi connectivity index (χ3n) is 3.11. The maximum atomic E-state index is 5.87. The molecule has 0 aliphatic rings. The van der Waals surface area contributed by atoms with Gasteiger partial charge in [-0.1, -0.05) is 6.07 Å². The molecule has 0 radical (unpaired) electrons. The van der Waals surface area contributed by atoms with Crippen molar-refractivity contribution in [1.29, 1.82) is 0 Å². The first-order valence-corrected chi connectivity index (χ1v) is 6.15. The summed E-state index contributed by atoms with van der Waals surface area (Å²) < 4.78 is 1.92. The number of aryl methyl sites for hydroxylation is 3. The molecule has 3 N–H and O–H groups in total. The molecule has 1 aromatic carbocycles. The minimum Gasteiger partial charge on any atom is -0.370 e. The Hall–Kier alpha value is -2.30. The molecule has 5 heteroatoms. The monoisotopic (exact) mass is 257 g/mol. The molecule has 1 aromatic heterocycles. The smallest absolute Gasteiger partial charge is 0.193 e. The van der Waals surface area contributed by atoms with Gasteiger partial charge < -0.3 is 15.6 Å². The zero-order valence-corrected chi connectivity index (χ0v) is 11.5. The molecule has 0 spiro atoms. The molecule has 1 heterocycles. The highest BCUT2D eigenvalue weighted by Crippen LogP contribution is 2.13. The van der Waals surface area contributed by atoms with Gasteiger partial charge in [0.2, 0.25) is 0 Å². The van der Waals surface area contributed by atoms with Crippen LogP contribution in [0.2, 0.25) is 0 Å². The lowest BCUT2D eigenvalue weighted by Crippen LogP contribution is -2.22. The third-order valence-corrected chi connectivity index (χ3v) is 3.11. The summed E-state index contributed by atoms with van der Waals surface area (Å²) in [5.41, 5.74) is 10.3. The molecule has 0 amide bonds. The average molecular weight is 257 g/mol. The fraction of sp³-hybridized carbons (Fsp3) is 0.286. The molecule has 0 atom stereocenters. The zero-order chi connectivity index (χ0) is 13.8. The molecule has 0 bridgehead atoms. The van der Waals surface area contributed by atoms with Gasteiger partial charge in [-0.2, -0.15) is 0 Å². The van der Waals surface area contributed by atoms with Crippen molar-refractivity contribution in [3.63, 3.8) is 0 Å². The maximum Gasteiger partial charge on any atom is 0.193 e. The zero-order valence-electron chi connectivity index (χ0n) is 11.5. The Morgan fingerprint density at radius 2 is 2.16 bits per heavy atom. The highest BCUT2D eigenvalue weighted by molar-refractivity contribution is 5.92. The predicted molar refractivity (Wildman–Crippen MR) is 78.1 cm³/mol. The van der Waals surface area contributed by atoms with Crippen LogP contribution in [0.25, 0.3) is 0 Å². The van der Waals surface area contributed by atoms with Crippen molar-refractivity contribution in [2.45, 2.75) is 20.4 Å². The summed E-state index contributed by atoms with van der Waals surface area (Å²) in [5.74, 6) is 0.407. The summed E-state index contributed by atoms with van der Waals surface area (Å²) in [6, 6.07) is 6.11. The molecule has 5 nitrogen and oxygen atoms in total. The van der Waals surface area contributed by atoms with E-state index in [2.05, 4.69) is 41.3 Å². The second-order valence-corrected chi connectivity index (χ2v) is 4.62. The van der Waals surface area contributed by atoms with Crippen LogP contribution in [0, 0.1) is 13.8 Å². The molecule has 2 rings (SSSR count). The summed E-state index contributed by atoms with van der Waals surface area (Å²) >= 11 is 0. The molecule has 0 saturated carbocycles. The van der Waals surface area contributed by atoms with Crippen molar-refractivity contribution in [3.8, 4) is 0 Å². The van der Waals surface area contributed by atoms with E-state index in [0.29, 0.717) is 12.5 Å². The van der Waals surface area contributed by atoms with Gasteiger partial charge in [0, 0.05) is 12.7 Å². The highest BCUT2D eigenvalue weighted by atomic mass is 15.1. The van der Waals surface area contributed by atoms with Crippen LogP contribution in [0.1, 0.15) is 16.8 Å². The second kappa shape index (κ2) is 5.56. The third kappa shape index (κ3) is 3.34. The van der Waals surface area contributed by atoms with E-state index in [0.717, 1.165) is 11.4 Å². The molecule has 0 aliphatic heterocycles. The largest absolute Gasteiger partial charge is 0.370 e. The fourth-order valence-electron chi connectivity index (χ4n) is 1.71. The molecular weight excluding hydrogens is 238 g/mol. The fourth-order valence-corrected chi connectivity index (χ4v) is 1.71. The van der Waals surface area contributed by atoms with E-state index >= 15 is 0 Å². The number of imidazole rings is 1. The minimum absolute atomic E-state index is 0.407. The number of hydrogen-bond donors (Lipinski definition) is 2. The Morgan fingerprint density at radius 1 is 1.37 bits per heavy atom. The standard InChI is InChI=1S/C14H19N5/c1-10-4-5-12(6-11(10)2)18-14(15)17-8-13-7-16-9-19(13)3/h4-7,9H,8H2,1-3H3,(H3,15,17,18). The first-order valence-electron chi connectivity index (χ1n) is 6.15. The minimum atomic E-state index is 0.407. The summed E-state index contributed by atoms with van der Waals surface area (Å²) in [4.78, 5) is 8.33. The van der Waals surface area contributed by atoms with Crippen molar-refractivity contribution in [1.82, 2.24) is 9.55 Å². The van der Waals surface area contributed by atoms with Crippen LogP contribution in [-0.4, -0.2) is 15.5 Å². The number of nitrogens with two attached hydrogens (primary N) is 1. The van der Waals surface area contributed by atoms with Crippen LogP contribution in [0.15, 0.2) is 35.7 Å². The van der Waals surface area contributed by atoms with E-state index < -0.39 is 0 Å². The van der Waals surface area contributed by atoms with Crippen LogP contribution in [0.4, 0.5) is 5.69 Å². The quantitative estimate of drug-likeness (QED) is 0.652. The van der Waals surface area contributed by atoms with E-state index in [1.807, 2.05) is 17.7 Å². The van der Waals surface area contributed by atoms with Crippen molar-refractivity contribution in [2.75, 3.05) is 5.32 Å². The van der Waals surface area contributed by atoms with Crippen molar-refractivity contribution in [3.05, 3.63) is 47.5 Å². The van der Waals surface area contributed by atoms with Crippen LogP contribution in [0.5, 0.6) is 0 Å². The van der Waals surface area contributed by atoms with E-state index in [9.17, 15) is 0 Å². The molecule has 0 aliphatic carbocycles. The Bertz CT molecular complexity index is 598. The number of anilines is 1. The molecule has 100 valence electrons. The van der Waals surface area contributed by atoms with Crippen LogP contribution >= 0.6 is 0 Å². The second-order valence-electron chi connectivity index (χ2n) is 4.62. The SMILES string of the molecule is Cc1ccc(NC(N)=NCc2cncn2C)cc1C. The number of benzene rings is 1. The summed E-state index contributed by atoms with van der Waals surface area (Å²) in [5, 5.41) is 3.09. The van der Waals surface area contributed by atoms with Gasteiger partial charge >= 0.3 is 0 Å². The summed E-state index contributed by atoms with van der Waals surface area (Å²) in [7, 11) is 1.94. The number of aromatic nitrogens is 2. The number of hydrogen-bond acceptors (Lipinski definition) is 2. The summed E-state index contributed by atoms with van der Waals surface area (Å²) in [6.45, 7) is 4.67. The topological polar surface area (TPSA) is 68.2 Å². The number of guanidine groups is 1. The highest BCUT2D eigenvalue weighted by Gasteiger charge is 2.00. The lowest BCUT2D eigenvalue weighted by molar-refractivity contribution is 0.820. The van der Waals surface area contributed by atoms with Crippen molar-refractivity contribution >= 4 is 11.6 Å². The van der Waals surface area contributed by atoms with Gasteiger partial charge in [-0.25, -0.2) is 9.98 Å². The maximum absolute atomic E-state index is 5.87. The Morgan fingerprint density at radius 3 is 2.79 bits per heavy atom. The van der Waals surface area contributed by atoms with E-state index in [1.165, 1.54) is 11.1 Å². The van der Waals surface area contributed by atoms with E-state index in [1.54, 1.807) is 12.5 Å². The molecule has 19 heavy (non-hydrogen) atoms. The van der Waals surface area contributed by atoms with Gasteiger partial charge in [0.1, 0.15) is 0 Å². The molecule has 2 aromatic rings. The molecule has 0 unspecified atom stereocenters. The van der Waals surface area contributed by atoms with Gasteiger partial charge in [0.15, 0.2) is 5.96 Å². The Labute approximate surface area is 113 Å². The van der Waals surface area contributed by atoms with Gasteiger partial charge in [-0.3, -0.25) is 0 Å². The number of nitrogens with zero attached hydrogens (tertiary/aromatic N) is 3. The first kappa shape index (κ1) is 13.1. The van der Waals surface area contributed by atoms with Crippen molar-refractivity contribution < 1.29 is 0 Å². The average Bonchev–Trinajstić information content (AvgIpc) is 2.77. The van der Waals surface area contributed by atoms with Crippen LogP contribution in [-0.2, 0) is 13.6 Å². The molecular formula is C14H19N5.